The molecule has 1 rings (SSSR count). The lowest BCUT2D eigenvalue weighted by atomic mass is 10.4. The molecular formula is C7H6Cl2N2O2. The first kappa shape index (κ1) is 10.1. The topological polar surface area (TPSA) is 62.0 Å². The highest BCUT2D eigenvalue weighted by Crippen LogP contribution is 2.08. The third-order valence-electron chi connectivity index (χ3n) is 1.27. The van der Waals surface area contributed by atoms with Gasteiger partial charge in [0.1, 0.15) is 11.6 Å². The van der Waals surface area contributed by atoms with Crippen LogP contribution in [0.5, 0.6) is 0 Å². The van der Waals surface area contributed by atoms with Crippen LogP contribution in [0.4, 0.5) is 0 Å². The van der Waals surface area contributed by atoms with E-state index in [4.69, 9.17) is 23.2 Å². The number of amides is 2. The molecule has 0 unspecified atom stereocenters. The maximum absolute atomic E-state index is 11.1. The molecule has 0 fully saturated rings. The number of hydrogen-bond donors (Lipinski definition) is 2. The van der Waals surface area contributed by atoms with Crippen LogP contribution >= 0.6 is 23.2 Å². The van der Waals surface area contributed by atoms with Gasteiger partial charge in [0, 0.05) is 6.20 Å². The Morgan fingerprint density at radius 1 is 1.54 bits per heavy atom. The largest absolute Gasteiger partial charge is 0.356 e. The van der Waals surface area contributed by atoms with E-state index in [-0.39, 0.29) is 11.6 Å². The summed E-state index contributed by atoms with van der Waals surface area (Å²) >= 11 is 10.7. The van der Waals surface area contributed by atoms with Crippen LogP contribution in [-0.4, -0.2) is 22.7 Å². The fourth-order valence-electron chi connectivity index (χ4n) is 0.726. The third kappa shape index (κ3) is 2.75. The van der Waals surface area contributed by atoms with Gasteiger partial charge >= 0.3 is 0 Å². The Labute approximate surface area is 84.2 Å². The van der Waals surface area contributed by atoms with Gasteiger partial charge in [0.25, 0.3) is 5.91 Å². The molecule has 0 spiro atoms. The maximum atomic E-state index is 11.1. The zero-order valence-corrected chi connectivity index (χ0v) is 7.95. The van der Waals surface area contributed by atoms with E-state index in [1.807, 2.05) is 0 Å². The summed E-state index contributed by atoms with van der Waals surface area (Å²) in [4.78, 5) is 24.4. The normalized spacial score (nSPS) is 9.69. The van der Waals surface area contributed by atoms with Crippen molar-refractivity contribution in [2.45, 2.75) is 0 Å². The molecule has 0 radical (unpaired) electrons. The number of rotatable bonds is 2. The van der Waals surface area contributed by atoms with Crippen molar-refractivity contribution >= 4 is 35.0 Å². The van der Waals surface area contributed by atoms with Crippen LogP contribution in [0, 0.1) is 0 Å². The van der Waals surface area contributed by atoms with Crippen LogP contribution in [-0.2, 0) is 4.79 Å². The molecule has 0 aliphatic heterocycles. The van der Waals surface area contributed by atoms with Crippen LogP contribution in [0.15, 0.2) is 12.3 Å². The Morgan fingerprint density at radius 2 is 2.23 bits per heavy atom. The first-order valence-corrected chi connectivity index (χ1v) is 4.29. The molecule has 0 aliphatic carbocycles. The van der Waals surface area contributed by atoms with E-state index in [9.17, 15) is 9.59 Å². The van der Waals surface area contributed by atoms with E-state index in [0.29, 0.717) is 5.02 Å². The molecule has 0 aliphatic rings. The molecule has 0 atom stereocenters. The number of alkyl halides is 1. The van der Waals surface area contributed by atoms with Crippen LogP contribution in [0.1, 0.15) is 10.5 Å². The lowest BCUT2D eigenvalue weighted by Gasteiger charge is -1.97. The second-order valence-electron chi connectivity index (χ2n) is 2.24. The molecule has 0 saturated carbocycles. The average Bonchev–Trinajstić information content (AvgIpc) is 2.51. The van der Waals surface area contributed by atoms with Gasteiger partial charge < -0.3 is 4.98 Å². The van der Waals surface area contributed by atoms with Crippen molar-refractivity contribution in [3.63, 3.8) is 0 Å². The van der Waals surface area contributed by atoms with E-state index in [1.165, 1.54) is 12.3 Å². The standard InChI is InChI=1S/C7H6Cl2N2O2/c8-2-6(12)11-7(13)5-1-4(9)3-10-5/h1,3,10H,2H2,(H,11,12,13). The van der Waals surface area contributed by atoms with Crippen molar-refractivity contribution in [2.75, 3.05) is 5.88 Å². The second kappa shape index (κ2) is 4.30. The summed E-state index contributed by atoms with van der Waals surface area (Å²) in [6.07, 6.45) is 1.45. The minimum absolute atomic E-state index is 0.225. The predicted octanol–water partition coefficient (Wildman–Crippen LogP) is 1.16. The molecule has 6 heteroatoms. The Balaban J connectivity index is 2.64. The quantitative estimate of drug-likeness (QED) is 0.736. The van der Waals surface area contributed by atoms with Crippen molar-refractivity contribution in [2.24, 2.45) is 0 Å². The lowest BCUT2D eigenvalue weighted by Crippen LogP contribution is -2.31. The Bertz CT molecular complexity index is 335. The number of nitrogens with one attached hydrogen (secondary N) is 2. The molecule has 0 aromatic carbocycles. The van der Waals surface area contributed by atoms with Gasteiger partial charge in [-0.15, -0.1) is 11.6 Å². The molecule has 70 valence electrons. The summed E-state index contributed by atoms with van der Waals surface area (Å²) in [6, 6.07) is 1.42. The Morgan fingerprint density at radius 3 is 2.69 bits per heavy atom. The molecule has 1 heterocycles. The number of imide groups is 1. The number of aromatic amines is 1. The SMILES string of the molecule is O=C(CCl)NC(=O)c1cc(Cl)c[nH]1. The number of halogens is 2. The van der Waals surface area contributed by atoms with Gasteiger partial charge in [-0.2, -0.15) is 0 Å². The van der Waals surface area contributed by atoms with Gasteiger partial charge in [-0.1, -0.05) is 11.6 Å². The van der Waals surface area contributed by atoms with Gasteiger partial charge in [-0.3, -0.25) is 14.9 Å². The summed E-state index contributed by atoms with van der Waals surface area (Å²) in [5.74, 6) is -1.34. The Kier molecular flexibility index (Phi) is 3.33. The highest BCUT2D eigenvalue weighted by molar-refractivity contribution is 6.31. The van der Waals surface area contributed by atoms with Crippen molar-refractivity contribution in [1.82, 2.24) is 10.3 Å². The number of H-pyrrole nitrogens is 1. The van der Waals surface area contributed by atoms with Crippen molar-refractivity contribution in [3.05, 3.63) is 23.0 Å². The first-order chi connectivity index (χ1) is 6.13. The molecule has 2 N–H and O–H groups in total. The molecule has 1 aromatic heterocycles. The summed E-state index contributed by atoms with van der Waals surface area (Å²) in [5, 5.41) is 2.47. The van der Waals surface area contributed by atoms with E-state index in [0.717, 1.165) is 0 Å². The zero-order chi connectivity index (χ0) is 9.84. The van der Waals surface area contributed by atoms with Gasteiger partial charge in [-0.05, 0) is 6.07 Å². The van der Waals surface area contributed by atoms with Gasteiger partial charge in [0.05, 0.1) is 5.02 Å². The van der Waals surface area contributed by atoms with E-state index < -0.39 is 11.8 Å². The highest BCUT2D eigenvalue weighted by atomic mass is 35.5. The van der Waals surface area contributed by atoms with Gasteiger partial charge in [0.15, 0.2) is 0 Å². The summed E-state index contributed by atoms with van der Waals surface area (Å²) in [5.41, 5.74) is 0.225. The molecule has 13 heavy (non-hydrogen) atoms. The summed E-state index contributed by atoms with van der Waals surface area (Å²) in [6.45, 7) is 0. The van der Waals surface area contributed by atoms with Crippen molar-refractivity contribution in [1.29, 1.82) is 0 Å². The predicted molar refractivity (Wildman–Crippen MR) is 49.0 cm³/mol. The number of carbonyl (C=O) groups is 2. The molecule has 1 aromatic rings. The fourth-order valence-corrected chi connectivity index (χ4v) is 0.957. The van der Waals surface area contributed by atoms with Crippen molar-refractivity contribution in [3.8, 4) is 0 Å². The maximum Gasteiger partial charge on any atom is 0.274 e. The van der Waals surface area contributed by atoms with Crippen molar-refractivity contribution < 1.29 is 9.59 Å². The zero-order valence-electron chi connectivity index (χ0n) is 6.43. The number of carbonyl (C=O) groups excluding carboxylic acids is 2. The summed E-state index contributed by atoms with van der Waals surface area (Å²) in [7, 11) is 0. The number of aromatic nitrogens is 1. The van der Waals surface area contributed by atoms with E-state index in [2.05, 4.69) is 10.3 Å². The van der Waals surface area contributed by atoms with Crippen LogP contribution in [0.25, 0.3) is 0 Å². The molecule has 4 nitrogen and oxygen atoms in total. The Hall–Kier alpha value is -1.00. The minimum atomic E-state index is -0.544. The first-order valence-electron chi connectivity index (χ1n) is 3.37. The van der Waals surface area contributed by atoms with E-state index >= 15 is 0 Å². The average molecular weight is 221 g/mol. The van der Waals surface area contributed by atoms with Gasteiger partial charge in [-0.25, -0.2) is 0 Å². The van der Waals surface area contributed by atoms with E-state index in [1.54, 1.807) is 0 Å². The number of hydrogen-bond acceptors (Lipinski definition) is 2. The molecular weight excluding hydrogens is 215 g/mol. The fraction of sp³-hybridized carbons (Fsp3) is 0.143. The highest BCUT2D eigenvalue weighted by Gasteiger charge is 2.10. The molecule has 0 saturated heterocycles. The van der Waals surface area contributed by atoms with Crippen LogP contribution < -0.4 is 5.32 Å². The second-order valence-corrected chi connectivity index (χ2v) is 2.95. The van der Waals surface area contributed by atoms with Crippen LogP contribution in [0.3, 0.4) is 0 Å². The lowest BCUT2D eigenvalue weighted by molar-refractivity contribution is -0.117. The third-order valence-corrected chi connectivity index (χ3v) is 1.73. The van der Waals surface area contributed by atoms with Crippen LogP contribution in [0.2, 0.25) is 5.02 Å². The monoisotopic (exact) mass is 220 g/mol. The summed E-state index contributed by atoms with van der Waals surface area (Å²) < 4.78 is 0. The van der Waals surface area contributed by atoms with Gasteiger partial charge in [0.2, 0.25) is 5.91 Å². The molecule has 2 amide bonds. The smallest absolute Gasteiger partial charge is 0.274 e. The minimum Gasteiger partial charge on any atom is -0.356 e. The molecule has 0 bridgehead atoms.